The van der Waals surface area contributed by atoms with E-state index in [0.29, 0.717) is 24.7 Å². The first-order valence-corrected chi connectivity index (χ1v) is 9.32. The first kappa shape index (κ1) is 20.9. The number of hydrogen-bond donors (Lipinski definition) is 1. The summed E-state index contributed by atoms with van der Waals surface area (Å²) in [6.07, 6.45) is 0. The molecule has 6 heteroatoms. The highest BCUT2D eigenvalue weighted by molar-refractivity contribution is 6.02. The third-order valence-electron chi connectivity index (χ3n) is 5.03. The summed E-state index contributed by atoms with van der Waals surface area (Å²) in [7, 11) is 0. The van der Waals surface area contributed by atoms with Gasteiger partial charge in [-0.1, -0.05) is 36.4 Å². The number of halogens is 3. The Balaban J connectivity index is 0.000000755. The quantitative estimate of drug-likeness (QED) is 0.645. The fourth-order valence-corrected chi connectivity index (χ4v) is 3.26. The van der Waals surface area contributed by atoms with Crippen LogP contribution in [-0.4, -0.2) is 32.1 Å². The van der Waals surface area contributed by atoms with Crippen LogP contribution < -0.4 is 5.32 Å². The summed E-state index contributed by atoms with van der Waals surface area (Å²) in [4.78, 5) is 12.5. The van der Waals surface area contributed by atoms with E-state index in [0.717, 1.165) is 21.9 Å². The van der Waals surface area contributed by atoms with Crippen molar-refractivity contribution in [2.45, 2.75) is 13.0 Å². The number of ether oxygens (including phenoxy) is 1. The second kappa shape index (κ2) is 9.56. The third kappa shape index (κ3) is 4.95. The Morgan fingerprint density at radius 2 is 1.79 bits per heavy atom. The number of carbonyl (C=O) groups excluding carboxylic acids is 1. The predicted molar refractivity (Wildman–Crippen MR) is 108 cm³/mol. The van der Waals surface area contributed by atoms with E-state index in [9.17, 15) is 18.0 Å². The highest BCUT2D eigenvalue weighted by Crippen LogP contribution is 2.29. The van der Waals surface area contributed by atoms with Gasteiger partial charge in [-0.05, 0) is 53.1 Å². The second-order valence-electron chi connectivity index (χ2n) is 6.91. The topological polar surface area (TPSA) is 38.3 Å². The van der Waals surface area contributed by atoms with Gasteiger partial charge in [-0.25, -0.2) is 13.2 Å². The van der Waals surface area contributed by atoms with Crippen LogP contribution in [0, 0.1) is 11.7 Å². The molecule has 1 atom stereocenters. The standard InChI is InChI=1S/C22H20FNO2.CH2F2/c1-14(18-12-26-13-18)24-22(25)17-7-10-21-16(11-17)3-2-4-20(21)15-5-8-19(23)9-6-15;2-1-3/h2-11,14,18H,12-13H2,1H3,(H,24,25);1H2. The molecule has 3 aromatic rings. The van der Waals surface area contributed by atoms with Gasteiger partial charge < -0.3 is 10.1 Å². The monoisotopic (exact) mass is 401 g/mol. The number of carbonyl (C=O) groups is 1. The van der Waals surface area contributed by atoms with Gasteiger partial charge >= 0.3 is 0 Å². The molecular weight excluding hydrogens is 379 g/mol. The van der Waals surface area contributed by atoms with Crippen molar-refractivity contribution >= 4 is 16.7 Å². The lowest BCUT2D eigenvalue weighted by molar-refractivity contribution is -0.0453. The number of amides is 1. The molecule has 0 bridgehead atoms. The van der Waals surface area contributed by atoms with Crippen LogP contribution >= 0.6 is 0 Å². The van der Waals surface area contributed by atoms with Gasteiger partial charge in [0.05, 0.1) is 13.2 Å². The van der Waals surface area contributed by atoms with Crippen molar-refractivity contribution in [1.82, 2.24) is 5.32 Å². The molecule has 29 heavy (non-hydrogen) atoms. The summed E-state index contributed by atoms with van der Waals surface area (Å²) < 4.78 is 37.6. The van der Waals surface area contributed by atoms with E-state index in [1.165, 1.54) is 12.1 Å². The van der Waals surface area contributed by atoms with E-state index in [1.54, 1.807) is 12.1 Å². The van der Waals surface area contributed by atoms with Crippen molar-refractivity contribution in [3.8, 4) is 11.1 Å². The number of benzene rings is 3. The van der Waals surface area contributed by atoms with Crippen LogP contribution in [0.3, 0.4) is 0 Å². The van der Waals surface area contributed by atoms with Gasteiger partial charge in [0.1, 0.15) is 5.82 Å². The molecule has 4 rings (SSSR count). The minimum atomic E-state index is -1.75. The van der Waals surface area contributed by atoms with E-state index >= 15 is 0 Å². The highest BCUT2D eigenvalue weighted by atomic mass is 19.3. The summed E-state index contributed by atoms with van der Waals surface area (Å²) in [6.45, 7) is 1.68. The third-order valence-corrected chi connectivity index (χ3v) is 5.03. The predicted octanol–water partition coefficient (Wildman–Crippen LogP) is 5.29. The van der Waals surface area contributed by atoms with E-state index in [1.807, 2.05) is 43.3 Å². The van der Waals surface area contributed by atoms with Gasteiger partial charge in [-0.15, -0.1) is 0 Å². The molecule has 0 spiro atoms. The smallest absolute Gasteiger partial charge is 0.251 e. The van der Waals surface area contributed by atoms with Crippen LogP contribution in [0.5, 0.6) is 0 Å². The van der Waals surface area contributed by atoms with E-state index in [-0.39, 0.29) is 17.8 Å². The minimum absolute atomic E-state index is 0.0708. The van der Waals surface area contributed by atoms with E-state index in [4.69, 9.17) is 4.74 Å². The van der Waals surface area contributed by atoms with Crippen molar-refractivity contribution in [1.29, 1.82) is 0 Å². The lowest BCUT2D eigenvalue weighted by atomic mass is 9.96. The Hall–Kier alpha value is -2.86. The van der Waals surface area contributed by atoms with Gasteiger partial charge in [0.25, 0.3) is 5.91 Å². The molecule has 1 aliphatic heterocycles. The average molecular weight is 401 g/mol. The molecule has 1 unspecified atom stereocenters. The molecule has 1 saturated heterocycles. The highest BCUT2D eigenvalue weighted by Gasteiger charge is 2.26. The van der Waals surface area contributed by atoms with E-state index < -0.39 is 6.93 Å². The number of rotatable bonds is 4. The maximum absolute atomic E-state index is 13.2. The summed E-state index contributed by atoms with van der Waals surface area (Å²) in [6, 6.07) is 18.2. The van der Waals surface area contributed by atoms with Crippen LogP contribution in [0.4, 0.5) is 13.2 Å². The lowest BCUT2D eigenvalue weighted by Gasteiger charge is -2.31. The zero-order valence-electron chi connectivity index (χ0n) is 16.0. The first-order valence-electron chi connectivity index (χ1n) is 9.32. The number of fused-ring (bicyclic) bond motifs is 1. The van der Waals surface area contributed by atoms with E-state index in [2.05, 4.69) is 5.32 Å². The lowest BCUT2D eigenvalue weighted by Crippen LogP contribution is -2.46. The zero-order chi connectivity index (χ0) is 20.8. The Morgan fingerprint density at radius 1 is 1.10 bits per heavy atom. The average Bonchev–Trinajstić information content (AvgIpc) is 2.67. The number of hydrogen-bond acceptors (Lipinski definition) is 2. The molecule has 0 aliphatic carbocycles. The molecule has 0 saturated carbocycles. The Kier molecular flexibility index (Phi) is 6.88. The zero-order valence-corrected chi connectivity index (χ0v) is 16.0. The molecule has 0 radical (unpaired) electrons. The molecule has 3 nitrogen and oxygen atoms in total. The number of alkyl halides is 2. The van der Waals surface area contributed by atoms with Crippen LogP contribution in [0.2, 0.25) is 0 Å². The van der Waals surface area contributed by atoms with Gasteiger partial charge in [0.2, 0.25) is 6.93 Å². The van der Waals surface area contributed by atoms with Gasteiger partial charge in [-0.2, -0.15) is 0 Å². The molecule has 1 amide bonds. The minimum Gasteiger partial charge on any atom is -0.381 e. The maximum Gasteiger partial charge on any atom is 0.251 e. The second-order valence-corrected chi connectivity index (χ2v) is 6.91. The van der Waals surface area contributed by atoms with Crippen molar-refractivity contribution in [3.05, 3.63) is 72.0 Å². The molecule has 0 aromatic heterocycles. The Morgan fingerprint density at radius 3 is 2.41 bits per heavy atom. The largest absolute Gasteiger partial charge is 0.381 e. The molecule has 1 fully saturated rings. The molecule has 3 aromatic carbocycles. The van der Waals surface area contributed by atoms with Crippen LogP contribution in [0.15, 0.2) is 60.7 Å². The Bertz CT molecular complexity index is 972. The summed E-state index contributed by atoms with van der Waals surface area (Å²) in [5, 5.41) is 5.08. The molecular formula is C23H22F3NO2. The summed E-state index contributed by atoms with van der Waals surface area (Å²) in [5.74, 6) is 0.0712. The van der Waals surface area contributed by atoms with Crippen molar-refractivity contribution in [3.63, 3.8) is 0 Å². The fourth-order valence-electron chi connectivity index (χ4n) is 3.26. The van der Waals surface area contributed by atoms with Crippen molar-refractivity contribution in [2.24, 2.45) is 5.92 Å². The van der Waals surface area contributed by atoms with Crippen molar-refractivity contribution in [2.75, 3.05) is 20.1 Å². The SMILES string of the molecule is CC(NC(=O)c1ccc2c(-c3ccc(F)cc3)cccc2c1)C1COC1.FCF. The molecule has 1 aliphatic rings. The molecule has 1 N–H and O–H groups in total. The molecule has 152 valence electrons. The fraction of sp³-hybridized carbons (Fsp3) is 0.261. The van der Waals surface area contributed by atoms with Crippen LogP contribution in [-0.2, 0) is 4.74 Å². The van der Waals surface area contributed by atoms with Gasteiger partial charge in [0, 0.05) is 17.5 Å². The van der Waals surface area contributed by atoms with Gasteiger partial charge in [0.15, 0.2) is 0 Å². The van der Waals surface area contributed by atoms with Gasteiger partial charge in [-0.3, -0.25) is 4.79 Å². The number of nitrogens with one attached hydrogen (secondary N) is 1. The maximum atomic E-state index is 13.2. The summed E-state index contributed by atoms with van der Waals surface area (Å²) in [5.41, 5.74) is 2.61. The van der Waals surface area contributed by atoms with Crippen LogP contribution in [0.25, 0.3) is 21.9 Å². The van der Waals surface area contributed by atoms with Crippen molar-refractivity contribution < 1.29 is 22.7 Å². The first-order chi connectivity index (χ1) is 14.0. The van der Waals surface area contributed by atoms with Crippen LogP contribution in [0.1, 0.15) is 17.3 Å². The normalized spacial score (nSPS) is 14.5. The Labute approximate surface area is 167 Å². The molecule has 1 heterocycles. The summed E-state index contributed by atoms with van der Waals surface area (Å²) >= 11 is 0.